The molecule has 66 valence electrons. The molecule has 0 aromatic heterocycles. The van der Waals surface area contributed by atoms with Crippen LogP contribution in [-0.4, -0.2) is 39.9 Å². The first-order valence-electron chi connectivity index (χ1n) is 3.73. The van der Waals surface area contributed by atoms with Crippen LogP contribution in [0, 0.1) is 5.92 Å². The zero-order valence-corrected chi connectivity index (χ0v) is 6.64. The number of aliphatic hydroxyl groups is 3. The number of hydrogen-bond donors (Lipinski definition) is 3. The van der Waals surface area contributed by atoms with Crippen LogP contribution in [0.5, 0.6) is 0 Å². The van der Waals surface area contributed by atoms with Gasteiger partial charge < -0.3 is 20.1 Å². The molecule has 1 heterocycles. The van der Waals surface area contributed by atoms with Gasteiger partial charge in [-0.3, -0.25) is 0 Å². The first-order chi connectivity index (χ1) is 5.04. The van der Waals surface area contributed by atoms with Crippen molar-refractivity contribution in [2.45, 2.75) is 38.4 Å². The lowest BCUT2D eigenvalue weighted by Crippen LogP contribution is -2.52. The Bertz CT molecular complexity index is 124. The lowest BCUT2D eigenvalue weighted by molar-refractivity contribution is -0.261. The Balaban J connectivity index is 2.63. The Morgan fingerprint density at radius 1 is 1.00 bits per heavy atom. The molecule has 4 heteroatoms. The van der Waals surface area contributed by atoms with Crippen molar-refractivity contribution in [1.82, 2.24) is 0 Å². The first-order valence-corrected chi connectivity index (χ1v) is 3.73. The largest absolute Gasteiger partial charge is 0.390 e. The Labute approximate surface area is 65.4 Å². The highest BCUT2D eigenvalue weighted by Crippen LogP contribution is 2.23. The van der Waals surface area contributed by atoms with Crippen molar-refractivity contribution in [2.24, 2.45) is 5.92 Å². The van der Waals surface area contributed by atoms with Gasteiger partial charge in [0.2, 0.25) is 0 Å². The molecule has 0 aromatic rings. The molecule has 1 rings (SSSR count). The van der Waals surface area contributed by atoms with E-state index >= 15 is 0 Å². The summed E-state index contributed by atoms with van der Waals surface area (Å²) in [6.45, 7) is 3.52. The number of rotatable bonds is 0. The zero-order chi connectivity index (χ0) is 8.59. The van der Waals surface area contributed by atoms with E-state index in [0.29, 0.717) is 0 Å². The molecule has 0 radical (unpaired) electrons. The van der Waals surface area contributed by atoms with Gasteiger partial charge in [0, 0.05) is 5.92 Å². The fraction of sp³-hybridized carbons (Fsp3) is 1.00. The molecule has 1 aliphatic heterocycles. The van der Waals surface area contributed by atoms with Crippen LogP contribution in [-0.2, 0) is 4.74 Å². The summed E-state index contributed by atoms with van der Waals surface area (Å²) < 4.78 is 4.93. The fourth-order valence-corrected chi connectivity index (χ4v) is 1.18. The fourth-order valence-electron chi connectivity index (χ4n) is 1.18. The highest BCUT2D eigenvalue weighted by atomic mass is 16.6. The molecule has 3 N–H and O–H groups in total. The summed E-state index contributed by atoms with van der Waals surface area (Å²) in [5.74, 6) is -0.145. The molecule has 0 unspecified atom stereocenters. The molecule has 1 fully saturated rings. The third kappa shape index (κ3) is 1.54. The molecule has 11 heavy (non-hydrogen) atoms. The van der Waals surface area contributed by atoms with E-state index in [1.165, 1.54) is 0 Å². The van der Waals surface area contributed by atoms with Gasteiger partial charge in [0.1, 0.15) is 6.10 Å². The van der Waals surface area contributed by atoms with Gasteiger partial charge in [0.15, 0.2) is 6.29 Å². The SMILES string of the molecule is C[C@@H]1[C@@H](O)[C@@H](O)[C@H](O)O[C@H]1C. The normalized spacial score (nSPS) is 52.6. The summed E-state index contributed by atoms with van der Waals surface area (Å²) in [6, 6.07) is 0. The second-order valence-corrected chi connectivity index (χ2v) is 3.07. The van der Waals surface area contributed by atoms with Gasteiger partial charge in [-0.2, -0.15) is 0 Å². The van der Waals surface area contributed by atoms with E-state index in [9.17, 15) is 5.11 Å². The van der Waals surface area contributed by atoms with Crippen LogP contribution in [0.3, 0.4) is 0 Å². The zero-order valence-electron chi connectivity index (χ0n) is 6.64. The van der Waals surface area contributed by atoms with Crippen molar-refractivity contribution in [3.05, 3.63) is 0 Å². The van der Waals surface area contributed by atoms with E-state index in [-0.39, 0.29) is 12.0 Å². The van der Waals surface area contributed by atoms with Crippen molar-refractivity contribution >= 4 is 0 Å². The molecule has 0 bridgehead atoms. The van der Waals surface area contributed by atoms with Gasteiger partial charge in [-0.1, -0.05) is 6.92 Å². The predicted octanol–water partition coefficient (Wildman–Crippen LogP) is -0.919. The van der Waals surface area contributed by atoms with E-state index in [1.807, 2.05) is 0 Å². The molecule has 0 aromatic carbocycles. The molecule has 4 nitrogen and oxygen atoms in total. The highest BCUT2D eigenvalue weighted by molar-refractivity contribution is 4.83. The van der Waals surface area contributed by atoms with E-state index in [0.717, 1.165) is 0 Å². The van der Waals surface area contributed by atoms with Gasteiger partial charge in [-0.15, -0.1) is 0 Å². The summed E-state index contributed by atoms with van der Waals surface area (Å²) in [5, 5.41) is 27.4. The Kier molecular flexibility index (Phi) is 2.49. The van der Waals surface area contributed by atoms with Crippen molar-refractivity contribution < 1.29 is 20.1 Å². The first kappa shape index (κ1) is 8.93. The van der Waals surface area contributed by atoms with Crippen molar-refractivity contribution in [1.29, 1.82) is 0 Å². The molecule has 0 spiro atoms. The minimum absolute atomic E-state index is 0.145. The van der Waals surface area contributed by atoms with Crippen molar-refractivity contribution in [2.75, 3.05) is 0 Å². The monoisotopic (exact) mass is 162 g/mol. The van der Waals surface area contributed by atoms with E-state index < -0.39 is 18.5 Å². The average molecular weight is 162 g/mol. The third-order valence-corrected chi connectivity index (χ3v) is 2.28. The van der Waals surface area contributed by atoms with Crippen LogP contribution in [0.1, 0.15) is 13.8 Å². The smallest absolute Gasteiger partial charge is 0.183 e. The van der Waals surface area contributed by atoms with Crippen LogP contribution in [0.25, 0.3) is 0 Å². The standard InChI is InChI=1S/C7H14O4/c1-3-4(2)11-7(10)6(9)5(3)8/h3-10H,1-2H3/t3-,4-,5+,6+,7+/m0/s1. The van der Waals surface area contributed by atoms with E-state index in [1.54, 1.807) is 13.8 Å². The molecule has 5 atom stereocenters. The topological polar surface area (TPSA) is 69.9 Å². The minimum atomic E-state index is -1.25. The van der Waals surface area contributed by atoms with Gasteiger partial charge in [0.25, 0.3) is 0 Å². The Morgan fingerprint density at radius 3 is 2.09 bits per heavy atom. The second kappa shape index (κ2) is 3.06. The van der Waals surface area contributed by atoms with E-state index in [2.05, 4.69) is 0 Å². The van der Waals surface area contributed by atoms with Gasteiger partial charge in [-0.25, -0.2) is 0 Å². The second-order valence-electron chi connectivity index (χ2n) is 3.07. The predicted molar refractivity (Wildman–Crippen MR) is 37.7 cm³/mol. The molecule has 1 saturated heterocycles. The summed E-state index contributed by atoms with van der Waals surface area (Å²) in [7, 11) is 0. The Morgan fingerprint density at radius 2 is 1.55 bits per heavy atom. The molecule has 0 saturated carbocycles. The third-order valence-electron chi connectivity index (χ3n) is 2.28. The minimum Gasteiger partial charge on any atom is -0.390 e. The van der Waals surface area contributed by atoms with Gasteiger partial charge >= 0.3 is 0 Å². The number of ether oxygens (including phenoxy) is 1. The highest BCUT2D eigenvalue weighted by Gasteiger charge is 2.39. The summed E-state index contributed by atoms with van der Waals surface area (Å²) in [4.78, 5) is 0. The van der Waals surface area contributed by atoms with Crippen LogP contribution in [0.2, 0.25) is 0 Å². The lowest BCUT2D eigenvalue weighted by Gasteiger charge is -2.37. The molecule has 0 amide bonds. The van der Waals surface area contributed by atoms with Crippen LogP contribution >= 0.6 is 0 Å². The maximum absolute atomic E-state index is 9.30. The van der Waals surface area contributed by atoms with Gasteiger partial charge in [-0.05, 0) is 6.92 Å². The van der Waals surface area contributed by atoms with Crippen LogP contribution in [0.15, 0.2) is 0 Å². The molecule has 1 aliphatic rings. The van der Waals surface area contributed by atoms with Crippen LogP contribution in [0.4, 0.5) is 0 Å². The maximum Gasteiger partial charge on any atom is 0.183 e. The lowest BCUT2D eigenvalue weighted by atomic mass is 9.92. The maximum atomic E-state index is 9.30. The van der Waals surface area contributed by atoms with Crippen molar-refractivity contribution in [3.63, 3.8) is 0 Å². The van der Waals surface area contributed by atoms with Crippen molar-refractivity contribution in [3.8, 4) is 0 Å². The Hall–Kier alpha value is -0.160. The van der Waals surface area contributed by atoms with Crippen LogP contribution < -0.4 is 0 Å². The summed E-state index contributed by atoms with van der Waals surface area (Å²) in [5.41, 5.74) is 0. The number of aliphatic hydroxyl groups excluding tert-OH is 3. The quantitative estimate of drug-likeness (QED) is 0.431. The number of hydrogen-bond acceptors (Lipinski definition) is 4. The van der Waals surface area contributed by atoms with Gasteiger partial charge in [0.05, 0.1) is 12.2 Å². The molecular formula is C7H14O4. The summed E-state index contributed by atoms with van der Waals surface area (Å²) in [6.07, 6.45) is -3.55. The molecular weight excluding hydrogens is 148 g/mol. The average Bonchev–Trinajstić information content (AvgIpc) is 1.97. The summed E-state index contributed by atoms with van der Waals surface area (Å²) >= 11 is 0. The molecule has 0 aliphatic carbocycles. The van der Waals surface area contributed by atoms with E-state index in [4.69, 9.17) is 14.9 Å².